The van der Waals surface area contributed by atoms with Crippen LogP contribution in [0.2, 0.25) is 0 Å². The summed E-state index contributed by atoms with van der Waals surface area (Å²) in [5.74, 6) is 0.216. The molecule has 0 radical (unpaired) electrons. The zero-order valence-electron chi connectivity index (χ0n) is 18.1. The highest BCUT2D eigenvalue weighted by molar-refractivity contribution is 5.95. The van der Waals surface area contributed by atoms with Crippen LogP contribution in [0.25, 0.3) is 0 Å². The van der Waals surface area contributed by atoms with Crippen molar-refractivity contribution >= 4 is 11.5 Å². The van der Waals surface area contributed by atoms with Gasteiger partial charge in [0.25, 0.3) is 0 Å². The van der Waals surface area contributed by atoms with Crippen LogP contribution in [0.15, 0.2) is 18.2 Å². The normalized spacial score (nSPS) is 26.4. The van der Waals surface area contributed by atoms with Gasteiger partial charge in [-0.05, 0) is 70.6 Å². The summed E-state index contributed by atoms with van der Waals surface area (Å²) < 4.78 is 11.0. The van der Waals surface area contributed by atoms with E-state index in [1.807, 2.05) is 0 Å². The Labute approximate surface area is 174 Å². The lowest BCUT2D eigenvalue weighted by Gasteiger charge is -2.48. The number of piperidine rings is 1. The quantitative estimate of drug-likeness (QED) is 0.390. The van der Waals surface area contributed by atoms with E-state index in [0.717, 1.165) is 38.8 Å². The van der Waals surface area contributed by atoms with Crippen LogP contribution >= 0.6 is 0 Å². The van der Waals surface area contributed by atoms with Gasteiger partial charge in [-0.2, -0.15) is 0 Å². The fourth-order valence-electron chi connectivity index (χ4n) is 4.65. The van der Waals surface area contributed by atoms with E-state index in [-0.39, 0.29) is 17.1 Å². The number of aromatic hydroxyl groups is 1. The van der Waals surface area contributed by atoms with Crippen molar-refractivity contribution in [1.82, 2.24) is 4.90 Å². The average molecular weight is 405 g/mol. The molecule has 29 heavy (non-hydrogen) atoms. The number of anilines is 1. The molecule has 1 aliphatic heterocycles. The number of nitrogens with one attached hydrogen (secondary N) is 1. The van der Waals surface area contributed by atoms with E-state index in [1.165, 1.54) is 12.8 Å². The van der Waals surface area contributed by atoms with Gasteiger partial charge >= 0.3 is 0 Å². The number of phenols is 1. The van der Waals surface area contributed by atoms with Crippen LogP contribution in [0.1, 0.15) is 62.7 Å². The lowest BCUT2D eigenvalue weighted by molar-refractivity contribution is -0.0398. The fourth-order valence-corrected chi connectivity index (χ4v) is 4.65. The number of rotatable bonds is 8. The van der Waals surface area contributed by atoms with Gasteiger partial charge in [0.2, 0.25) is 0 Å². The summed E-state index contributed by atoms with van der Waals surface area (Å²) in [5, 5.41) is 13.6. The van der Waals surface area contributed by atoms with Crippen LogP contribution < -0.4 is 5.32 Å². The van der Waals surface area contributed by atoms with Gasteiger partial charge in [-0.3, -0.25) is 9.69 Å². The molecule has 0 bridgehead atoms. The maximum Gasteiger partial charge on any atom is 0.159 e. The minimum Gasteiger partial charge on any atom is -0.506 e. The Morgan fingerprint density at radius 3 is 2.52 bits per heavy atom. The molecule has 1 saturated carbocycles. The minimum absolute atomic E-state index is 0.0117. The van der Waals surface area contributed by atoms with Gasteiger partial charge < -0.3 is 19.9 Å². The lowest BCUT2D eigenvalue weighted by Crippen LogP contribution is -2.53. The van der Waals surface area contributed by atoms with Gasteiger partial charge in [0.15, 0.2) is 5.78 Å². The number of hydrogen-bond donors (Lipinski definition) is 2. The predicted molar refractivity (Wildman–Crippen MR) is 115 cm³/mol. The highest BCUT2D eigenvalue weighted by Gasteiger charge is 2.38. The number of methoxy groups -OCH3 is 1. The summed E-state index contributed by atoms with van der Waals surface area (Å²) in [6.07, 6.45) is 7.01. The first-order chi connectivity index (χ1) is 13.9. The Kier molecular flexibility index (Phi) is 7.55. The van der Waals surface area contributed by atoms with E-state index in [9.17, 15) is 9.90 Å². The second-order valence-electron chi connectivity index (χ2n) is 8.75. The van der Waals surface area contributed by atoms with Gasteiger partial charge in [-0.1, -0.05) is 0 Å². The molecular weight excluding hydrogens is 368 g/mol. The van der Waals surface area contributed by atoms with Crippen molar-refractivity contribution in [1.29, 1.82) is 0 Å². The molecule has 6 heteroatoms. The molecule has 0 amide bonds. The molecule has 1 heterocycles. The lowest BCUT2D eigenvalue weighted by atomic mass is 9.79. The Morgan fingerprint density at radius 1 is 1.21 bits per heavy atom. The van der Waals surface area contributed by atoms with E-state index >= 15 is 0 Å². The Balaban J connectivity index is 1.48. The van der Waals surface area contributed by atoms with Crippen LogP contribution in [0.3, 0.4) is 0 Å². The van der Waals surface area contributed by atoms with E-state index in [2.05, 4.69) is 17.1 Å². The van der Waals surface area contributed by atoms with Crippen molar-refractivity contribution in [2.24, 2.45) is 0 Å². The number of carbonyl (C=O) groups excluding carboxylic acids is 1. The Morgan fingerprint density at radius 2 is 1.90 bits per heavy atom. The van der Waals surface area contributed by atoms with E-state index in [0.29, 0.717) is 36.6 Å². The molecule has 2 N–H and O–H groups in total. The molecule has 1 saturated heterocycles. The minimum atomic E-state index is 0.0117. The first-order valence-electron chi connectivity index (χ1n) is 10.9. The number of carbonyl (C=O) groups is 1. The number of nitrogens with zero attached hydrogens (tertiary/aromatic N) is 1. The maximum absolute atomic E-state index is 11.6. The fraction of sp³-hybridized carbons (Fsp3) is 0.696. The average Bonchev–Trinajstić information content (AvgIpc) is 2.72. The molecule has 2 fully saturated rings. The molecule has 3 rings (SSSR count). The van der Waals surface area contributed by atoms with Crippen LogP contribution in [0.5, 0.6) is 5.75 Å². The number of Topliss-reactive ketones (excluding diaryl/α,β-unsaturated/α-hetero) is 1. The predicted octanol–water partition coefficient (Wildman–Crippen LogP) is 3.84. The molecule has 0 unspecified atom stereocenters. The number of hydrogen-bond acceptors (Lipinski definition) is 6. The highest BCUT2D eigenvalue weighted by Crippen LogP contribution is 2.37. The molecular formula is C23H36N2O4. The van der Waals surface area contributed by atoms with Crippen molar-refractivity contribution in [2.75, 3.05) is 38.7 Å². The van der Waals surface area contributed by atoms with Crippen molar-refractivity contribution in [3.8, 4) is 5.75 Å². The summed E-state index contributed by atoms with van der Waals surface area (Å²) in [7, 11) is 1.71. The molecule has 0 spiro atoms. The van der Waals surface area contributed by atoms with Crippen LogP contribution in [0.4, 0.5) is 5.69 Å². The topological polar surface area (TPSA) is 71.0 Å². The molecule has 0 atom stereocenters. The highest BCUT2D eigenvalue weighted by atomic mass is 16.5. The second-order valence-corrected chi connectivity index (χ2v) is 8.75. The summed E-state index contributed by atoms with van der Waals surface area (Å²) >= 11 is 0. The van der Waals surface area contributed by atoms with Crippen LogP contribution in [-0.2, 0) is 9.47 Å². The molecule has 6 nitrogen and oxygen atoms in total. The monoisotopic (exact) mass is 404 g/mol. The molecule has 2 aliphatic rings. The number of likely N-dealkylation sites (tertiary alicyclic amines) is 1. The SMILES string of the molecule is COCCO[C@H]1CC[C@](C)(N2CCC(Nc3cc(C(C)=O)ccc3O)CC2)CC1. The van der Waals surface area contributed by atoms with E-state index < -0.39 is 0 Å². The van der Waals surface area contributed by atoms with Crippen LogP contribution in [-0.4, -0.2) is 66.9 Å². The number of ether oxygens (including phenoxy) is 2. The van der Waals surface area contributed by atoms with Crippen molar-refractivity contribution in [3.05, 3.63) is 23.8 Å². The molecule has 162 valence electrons. The van der Waals surface area contributed by atoms with Gasteiger partial charge in [-0.25, -0.2) is 0 Å². The summed E-state index contributed by atoms with van der Waals surface area (Å²) in [4.78, 5) is 14.3. The van der Waals surface area contributed by atoms with Crippen molar-refractivity contribution < 1.29 is 19.4 Å². The molecule has 1 aliphatic carbocycles. The van der Waals surface area contributed by atoms with E-state index in [1.54, 1.807) is 32.2 Å². The Bertz CT molecular complexity index is 677. The summed E-state index contributed by atoms with van der Waals surface area (Å²) in [5.41, 5.74) is 1.54. The first kappa shape index (κ1) is 22.1. The van der Waals surface area contributed by atoms with Gasteiger partial charge in [0, 0.05) is 37.3 Å². The zero-order valence-corrected chi connectivity index (χ0v) is 18.1. The summed E-state index contributed by atoms with van der Waals surface area (Å²) in [6, 6.07) is 5.34. The third-order valence-corrected chi connectivity index (χ3v) is 6.67. The first-order valence-corrected chi connectivity index (χ1v) is 10.9. The number of phenolic OH excluding ortho intramolecular Hbond substituents is 1. The van der Waals surface area contributed by atoms with Crippen molar-refractivity contribution in [2.45, 2.75) is 70.1 Å². The Hall–Kier alpha value is -1.63. The van der Waals surface area contributed by atoms with Crippen molar-refractivity contribution in [3.63, 3.8) is 0 Å². The molecule has 1 aromatic rings. The van der Waals surface area contributed by atoms with Gasteiger partial charge in [0.05, 0.1) is 25.0 Å². The largest absolute Gasteiger partial charge is 0.506 e. The molecule has 0 aromatic heterocycles. The number of benzene rings is 1. The van der Waals surface area contributed by atoms with Gasteiger partial charge in [0.1, 0.15) is 5.75 Å². The van der Waals surface area contributed by atoms with Crippen LogP contribution in [0, 0.1) is 0 Å². The maximum atomic E-state index is 11.6. The zero-order chi connectivity index (χ0) is 20.9. The summed E-state index contributed by atoms with van der Waals surface area (Å²) in [6.45, 7) is 7.40. The van der Waals surface area contributed by atoms with E-state index in [4.69, 9.17) is 9.47 Å². The third-order valence-electron chi connectivity index (χ3n) is 6.67. The standard InChI is InChI=1S/C23H36N2O4/c1-17(26)18-4-5-22(27)21(16-18)24-19-8-12-25(13-9-19)23(2)10-6-20(7-11-23)29-15-14-28-3/h4-5,16,19-20,24,27H,6-15H2,1-3H3/t20-,23-. The molecule has 1 aromatic carbocycles. The smallest absolute Gasteiger partial charge is 0.159 e. The third kappa shape index (κ3) is 5.71. The second kappa shape index (κ2) is 9.92. The van der Waals surface area contributed by atoms with Gasteiger partial charge in [-0.15, -0.1) is 0 Å². The number of ketones is 1.